The minimum absolute atomic E-state index is 1.12. The standard InChI is InChI=1S/C54H39N3/c1-5-16-43(17-6-1)55(44-18-7-2-8-19-44)47-34-28-40(29-35-47)41-30-36-49(37-31-41)57-52-26-14-13-24-51(52)54-50(25-15-27-53(54)57)42-32-38-48(39-33-42)56(45-20-9-3-10-21-45)46-22-11-4-12-23-46/h1-39H. The molecule has 3 heteroatoms. The van der Waals surface area contributed by atoms with E-state index >= 15 is 0 Å². The molecule has 0 radical (unpaired) electrons. The maximum Gasteiger partial charge on any atom is 0.0547 e. The summed E-state index contributed by atoms with van der Waals surface area (Å²) >= 11 is 0. The first-order chi connectivity index (χ1) is 28.3. The summed E-state index contributed by atoms with van der Waals surface area (Å²) in [6, 6.07) is 84.5. The van der Waals surface area contributed by atoms with Gasteiger partial charge in [-0.1, -0.05) is 140 Å². The minimum atomic E-state index is 1.12. The summed E-state index contributed by atoms with van der Waals surface area (Å²) < 4.78 is 2.40. The predicted molar refractivity (Wildman–Crippen MR) is 241 cm³/mol. The molecule has 0 saturated heterocycles. The van der Waals surface area contributed by atoms with Crippen LogP contribution in [-0.2, 0) is 0 Å². The van der Waals surface area contributed by atoms with Crippen molar-refractivity contribution in [3.63, 3.8) is 0 Å². The van der Waals surface area contributed by atoms with Crippen LogP contribution < -0.4 is 9.80 Å². The molecule has 0 unspecified atom stereocenters. The summed E-state index contributed by atoms with van der Waals surface area (Å²) in [6.45, 7) is 0. The fourth-order valence-electron chi connectivity index (χ4n) is 8.14. The molecule has 3 nitrogen and oxygen atoms in total. The van der Waals surface area contributed by atoms with Gasteiger partial charge in [0.2, 0.25) is 0 Å². The van der Waals surface area contributed by atoms with E-state index < -0.39 is 0 Å². The number of para-hydroxylation sites is 5. The third-order valence-electron chi connectivity index (χ3n) is 10.8. The van der Waals surface area contributed by atoms with E-state index in [0.717, 1.165) is 39.8 Å². The highest BCUT2D eigenvalue weighted by Crippen LogP contribution is 2.41. The van der Waals surface area contributed by atoms with Crippen molar-refractivity contribution in [1.29, 1.82) is 0 Å². The lowest BCUT2D eigenvalue weighted by Crippen LogP contribution is -2.09. The first-order valence-corrected chi connectivity index (χ1v) is 19.4. The maximum absolute atomic E-state index is 2.40. The Hall–Kier alpha value is -7.62. The van der Waals surface area contributed by atoms with E-state index in [-0.39, 0.29) is 0 Å². The van der Waals surface area contributed by atoms with Crippen LogP contribution in [0.2, 0.25) is 0 Å². The number of nitrogens with zero attached hydrogens (tertiary/aromatic N) is 3. The van der Waals surface area contributed by atoms with Gasteiger partial charge in [-0.15, -0.1) is 0 Å². The van der Waals surface area contributed by atoms with Gasteiger partial charge in [-0.05, 0) is 119 Å². The van der Waals surface area contributed by atoms with Gasteiger partial charge in [-0.3, -0.25) is 0 Å². The molecule has 0 amide bonds. The van der Waals surface area contributed by atoms with Crippen molar-refractivity contribution >= 4 is 55.9 Å². The number of hydrogen-bond donors (Lipinski definition) is 0. The molecular weight excluding hydrogens is 691 g/mol. The van der Waals surface area contributed by atoms with E-state index in [1.165, 1.54) is 44.1 Å². The van der Waals surface area contributed by atoms with E-state index in [4.69, 9.17) is 0 Å². The van der Waals surface area contributed by atoms with Gasteiger partial charge in [0.25, 0.3) is 0 Å². The second-order valence-corrected chi connectivity index (χ2v) is 14.2. The molecular formula is C54H39N3. The molecule has 270 valence electrons. The number of aromatic nitrogens is 1. The lowest BCUT2D eigenvalue weighted by atomic mass is 9.99. The zero-order valence-electron chi connectivity index (χ0n) is 31.4. The molecule has 10 aromatic rings. The SMILES string of the molecule is c1ccc(N(c2ccccc2)c2ccc(-c3ccc(-n4c5ccccc5c5c(-c6ccc(N(c7ccccc7)c7ccccc7)cc6)cccc54)cc3)cc2)cc1. The van der Waals surface area contributed by atoms with Crippen molar-refractivity contribution in [1.82, 2.24) is 4.57 Å². The highest BCUT2D eigenvalue weighted by atomic mass is 15.1. The molecule has 0 bridgehead atoms. The summed E-state index contributed by atoms with van der Waals surface area (Å²) in [5, 5.41) is 2.49. The van der Waals surface area contributed by atoms with Crippen LogP contribution in [-0.4, -0.2) is 4.57 Å². The average Bonchev–Trinajstić information content (AvgIpc) is 3.63. The van der Waals surface area contributed by atoms with E-state index in [1.54, 1.807) is 0 Å². The molecule has 57 heavy (non-hydrogen) atoms. The highest BCUT2D eigenvalue weighted by molar-refractivity contribution is 6.15. The number of benzene rings is 9. The van der Waals surface area contributed by atoms with E-state index in [0.29, 0.717) is 0 Å². The smallest absolute Gasteiger partial charge is 0.0547 e. The van der Waals surface area contributed by atoms with Gasteiger partial charge in [0.05, 0.1) is 11.0 Å². The highest BCUT2D eigenvalue weighted by Gasteiger charge is 2.18. The Kier molecular flexibility index (Phi) is 8.86. The molecule has 1 heterocycles. The first-order valence-electron chi connectivity index (χ1n) is 19.4. The van der Waals surface area contributed by atoms with Crippen LogP contribution in [0, 0.1) is 0 Å². The van der Waals surface area contributed by atoms with Gasteiger partial charge in [0, 0.05) is 50.6 Å². The molecule has 0 fully saturated rings. The van der Waals surface area contributed by atoms with Gasteiger partial charge in [-0.2, -0.15) is 0 Å². The minimum Gasteiger partial charge on any atom is -0.311 e. The van der Waals surface area contributed by atoms with Crippen LogP contribution >= 0.6 is 0 Å². The quantitative estimate of drug-likeness (QED) is 0.147. The predicted octanol–water partition coefficient (Wildman–Crippen LogP) is 15.1. The Morgan fingerprint density at radius 2 is 0.632 bits per heavy atom. The van der Waals surface area contributed by atoms with Crippen molar-refractivity contribution < 1.29 is 0 Å². The fraction of sp³-hybridized carbons (Fsp3) is 0. The molecule has 0 spiro atoms. The number of rotatable bonds is 9. The van der Waals surface area contributed by atoms with Crippen LogP contribution in [0.15, 0.2) is 237 Å². The topological polar surface area (TPSA) is 11.4 Å². The van der Waals surface area contributed by atoms with E-state index in [9.17, 15) is 0 Å². The Labute approximate surface area is 333 Å². The van der Waals surface area contributed by atoms with Crippen molar-refractivity contribution in [2.24, 2.45) is 0 Å². The summed E-state index contributed by atoms with van der Waals surface area (Å²) in [5.74, 6) is 0. The number of anilines is 6. The molecule has 10 rings (SSSR count). The summed E-state index contributed by atoms with van der Waals surface area (Å²) in [6.07, 6.45) is 0. The third kappa shape index (κ3) is 6.41. The van der Waals surface area contributed by atoms with Gasteiger partial charge in [0.1, 0.15) is 0 Å². The second kappa shape index (κ2) is 14.9. The molecule has 0 aliphatic rings. The molecule has 9 aromatic carbocycles. The van der Waals surface area contributed by atoms with Crippen molar-refractivity contribution in [2.75, 3.05) is 9.80 Å². The fourth-order valence-corrected chi connectivity index (χ4v) is 8.14. The van der Waals surface area contributed by atoms with Crippen LogP contribution in [0.4, 0.5) is 34.1 Å². The van der Waals surface area contributed by atoms with Crippen LogP contribution in [0.5, 0.6) is 0 Å². The van der Waals surface area contributed by atoms with Gasteiger partial charge in [0.15, 0.2) is 0 Å². The molecule has 0 aliphatic carbocycles. The van der Waals surface area contributed by atoms with Crippen molar-refractivity contribution in [2.45, 2.75) is 0 Å². The molecule has 1 aromatic heterocycles. The largest absolute Gasteiger partial charge is 0.311 e. The Bertz CT molecular complexity index is 2820. The average molecular weight is 730 g/mol. The number of hydrogen-bond acceptors (Lipinski definition) is 2. The van der Waals surface area contributed by atoms with Crippen molar-refractivity contribution in [3.8, 4) is 27.9 Å². The zero-order valence-corrected chi connectivity index (χ0v) is 31.4. The van der Waals surface area contributed by atoms with E-state index in [1.807, 2.05) is 0 Å². The number of fused-ring (bicyclic) bond motifs is 3. The summed E-state index contributed by atoms with van der Waals surface area (Å²) in [5.41, 5.74) is 15.0. The van der Waals surface area contributed by atoms with Gasteiger partial charge in [-0.25, -0.2) is 0 Å². The lowest BCUT2D eigenvalue weighted by molar-refractivity contribution is 1.18. The van der Waals surface area contributed by atoms with E-state index in [2.05, 4.69) is 251 Å². The Morgan fingerprint density at radius 3 is 1.11 bits per heavy atom. The third-order valence-corrected chi connectivity index (χ3v) is 10.8. The second-order valence-electron chi connectivity index (χ2n) is 14.2. The molecule has 0 atom stereocenters. The van der Waals surface area contributed by atoms with Gasteiger partial charge < -0.3 is 14.4 Å². The molecule has 0 aliphatic heterocycles. The van der Waals surface area contributed by atoms with Gasteiger partial charge >= 0.3 is 0 Å². The van der Waals surface area contributed by atoms with Crippen molar-refractivity contribution in [3.05, 3.63) is 237 Å². The first kappa shape index (κ1) is 33.9. The van der Waals surface area contributed by atoms with Crippen LogP contribution in [0.25, 0.3) is 49.7 Å². The summed E-state index contributed by atoms with van der Waals surface area (Å²) in [7, 11) is 0. The molecule has 0 N–H and O–H groups in total. The van der Waals surface area contributed by atoms with Crippen LogP contribution in [0.3, 0.4) is 0 Å². The Morgan fingerprint density at radius 1 is 0.263 bits per heavy atom. The Balaban J connectivity index is 0.991. The summed E-state index contributed by atoms with van der Waals surface area (Å²) in [4.78, 5) is 4.60. The normalized spacial score (nSPS) is 11.2. The maximum atomic E-state index is 2.40. The molecule has 0 saturated carbocycles. The van der Waals surface area contributed by atoms with Crippen LogP contribution in [0.1, 0.15) is 0 Å². The monoisotopic (exact) mass is 729 g/mol. The lowest BCUT2D eigenvalue weighted by Gasteiger charge is -2.25. The zero-order chi connectivity index (χ0) is 38.0.